The number of benzene rings is 2. The minimum atomic E-state index is -2.22. The summed E-state index contributed by atoms with van der Waals surface area (Å²) in [5, 5.41) is 6.42. The van der Waals surface area contributed by atoms with E-state index in [9.17, 15) is 18.4 Å². The molecule has 0 aliphatic carbocycles. The number of carbonyl (C=O) groups is 2. The van der Waals surface area contributed by atoms with Gasteiger partial charge in [0, 0.05) is 30.2 Å². The molecule has 0 spiro atoms. The van der Waals surface area contributed by atoms with Crippen LogP contribution in [-0.2, 0) is 9.59 Å². The van der Waals surface area contributed by atoms with E-state index in [1.807, 2.05) is 19.0 Å². The molecule has 4 rings (SSSR count). The summed E-state index contributed by atoms with van der Waals surface area (Å²) >= 11 is 11.3. The summed E-state index contributed by atoms with van der Waals surface area (Å²) in [5.74, 6) is -1.22. The number of ether oxygens (including phenoxy) is 1. The van der Waals surface area contributed by atoms with E-state index in [0.717, 1.165) is 17.9 Å². The van der Waals surface area contributed by atoms with E-state index in [2.05, 4.69) is 20.6 Å². The molecule has 1 saturated heterocycles. The summed E-state index contributed by atoms with van der Waals surface area (Å²) < 4.78 is 33.2. The molecule has 0 saturated carbocycles. The Morgan fingerprint density at radius 1 is 1.26 bits per heavy atom. The van der Waals surface area contributed by atoms with Crippen LogP contribution in [0.1, 0.15) is 19.3 Å². The zero-order valence-corrected chi connectivity index (χ0v) is 22.9. The van der Waals surface area contributed by atoms with E-state index in [1.54, 1.807) is 12.1 Å². The molecule has 3 aromatic rings. The molecule has 1 aliphatic rings. The smallest absolute Gasteiger partial charge is 0.273 e. The summed E-state index contributed by atoms with van der Waals surface area (Å²) in [6.45, 7) is 1.41. The molecule has 2 heterocycles. The second-order valence-electron chi connectivity index (χ2n) is 9.33. The maximum atomic E-state index is 13.6. The van der Waals surface area contributed by atoms with Crippen molar-refractivity contribution in [3.05, 3.63) is 47.5 Å². The average molecular weight is 581 g/mol. The molecule has 0 radical (unpaired) electrons. The number of nitrogens with zero attached hydrogens (tertiary/aromatic N) is 4. The molecular weight excluding hydrogens is 553 g/mol. The Morgan fingerprint density at radius 3 is 2.77 bits per heavy atom. The molecule has 0 bridgehead atoms. The third kappa shape index (κ3) is 7.03. The first kappa shape index (κ1) is 28.7. The summed E-state index contributed by atoms with van der Waals surface area (Å²) in [7, 11) is 3.91. The van der Waals surface area contributed by atoms with Crippen LogP contribution in [0.4, 0.5) is 26.0 Å². The summed E-state index contributed by atoms with van der Waals surface area (Å²) in [6, 6.07) is 6.63. The van der Waals surface area contributed by atoms with Gasteiger partial charge in [0.15, 0.2) is 0 Å². The number of likely N-dealkylation sites (tertiary alicyclic amines) is 1. The summed E-state index contributed by atoms with van der Waals surface area (Å²) in [4.78, 5) is 37.3. The number of anilines is 3. The zero-order valence-electron chi connectivity index (χ0n) is 21.4. The lowest BCUT2D eigenvalue weighted by atomic mass is 10.1. The van der Waals surface area contributed by atoms with Gasteiger partial charge in [0.05, 0.1) is 22.8 Å². The highest BCUT2D eigenvalue weighted by atomic mass is 35.5. The van der Waals surface area contributed by atoms with Gasteiger partial charge in [0.1, 0.15) is 29.8 Å². The highest BCUT2D eigenvalue weighted by Crippen LogP contribution is 2.34. The van der Waals surface area contributed by atoms with Crippen molar-refractivity contribution in [1.82, 2.24) is 19.8 Å². The van der Waals surface area contributed by atoms with E-state index < -0.39 is 29.3 Å². The molecule has 2 aromatic carbocycles. The fourth-order valence-electron chi connectivity index (χ4n) is 4.32. The van der Waals surface area contributed by atoms with Gasteiger partial charge in [-0.3, -0.25) is 9.59 Å². The van der Waals surface area contributed by atoms with E-state index in [0.29, 0.717) is 53.3 Å². The zero-order chi connectivity index (χ0) is 28.1. The normalized spacial score (nSPS) is 16.0. The number of hydrogen-bond acceptors (Lipinski definition) is 7. The second-order valence-corrected chi connectivity index (χ2v) is 10.1. The predicted molar refractivity (Wildman–Crippen MR) is 147 cm³/mol. The molecule has 2 atom stereocenters. The first-order chi connectivity index (χ1) is 18.6. The van der Waals surface area contributed by atoms with Crippen molar-refractivity contribution < 1.29 is 23.1 Å². The minimum Gasteiger partial charge on any atom is -0.491 e. The monoisotopic (exact) mass is 580 g/mol. The lowest BCUT2D eigenvalue weighted by molar-refractivity contribution is -0.138. The average Bonchev–Trinajstić information content (AvgIpc) is 3.39. The van der Waals surface area contributed by atoms with Gasteiger partial charge in [-0.1, -0.05) is 23.2 Å². The Morgan fingerprint density at radius 2 is 2.05 bits per heavy atom. The van der Waals surface area contributed by atoms with Crippen molar-refractivity contribution in [3.8, 4) is 5.75 Å². The number of fused-ring (bicyclic) bond motifs is 1. The number of amides is 2. The van der Waals surface area contributed by atoms with Gasteiger partial charge in [0.2, 0.25) is 5.91 Å². The number of hydrogen-bond donors (Lipinski definition) is 2. The van der Waals surface area contributed by atoms with Crippen LogP contribution in [0.15, 0.2) is 36.7 Å². The summed E-state index contributed by atoms with van der Waals surface area (Å²) in [5.41, 5.74) is -0.867. The van der Waals surface area contributed by atoms with Crippen molar-refractivity contribution >= 4 is 63.1 Å². The molecular formula is C26H28Cl2F2N6O3. The van der Waals surface area contributed by atoms with Gasteiger partial charge in [-0.15, -0.1) is 0 Å². The SMILES string of the molecule is CN(C)CCCOc1cc2ncnc(Nc3ccc(F)c(Cl)c3)c2cc1NC(=O)[C@H]1CCCN1C(=O)C(F)Cl. The Balaban J connectivity index is 1.66. The lowest BCUT2D eigenvalue weighted by Gasteiger charge is -2.24. The Kier molecular flexibility index (Phi) is 9.36. The van der Waals surface area contributed by atoms with Crippen molar-refractivity contribution in [2.75, 3.05) is 44.4 Å². The minimum absolute atomic E-state index is 0.0529. The van der Waals surface area contributed by atoms with Crippen molar-refractivity contribution in [3.63, 3.8) is 0 Å². The third-order valence-electron chi connectivity index (χ3n) is 6.21. The van der Waals surface area contributed by atoms with Crippen LogP contribution >= 0.6 is 23.2 Å². The topological polar surface area (TPSA) is 99.7 Å². The van der Waals surface area contributed by atoms with E-state index in [1.165, 1.54) is 24.5 Å². The second kappa shape index (κ2) is 12.7. The van der Waals surface area contributed by atoms with Crippen molar-refractivity contribution in [2.45, 2.75) is 30.9 Å². The first-order valence-electron chi connectivity index (χ1n) is 12.3. The van der Waals surface area contributed by atoms with E-state index in [4.69, 9.17) is 27.9 Å². The van der Waals surface area contributed by atoms with Crippen LogP contribution in [0.3, 0.4) is 0 Å². The molecule has 2 amide bonds. The molecule has 208 valence electrons. The van der Waals surface area contributed by atoms with Gasteiger partial charge in [-0.25, -0.2) is 18.7 Å². The Hall–Kier alpha value is -3.28. The lowest BCUT2D eigenvalue weighted by Crippen LogP contribution is -2.45. The number of nitrogens with one attached hydrogen (secondary N) is 2. The molecule has 1 unspecified atom stereocenters. The largest absolute Gasteiger partial charge is 0.491 e. The molecule has 1 aromatic heterocycles. The van der Waals surface area contributed by atoms with Crippen LogP contribution < -0.4 is 15.4 Å². The van der Waals surface area contributed by atoms with Gasteiger partial charge < -0.3 is 25.2 Å². The van der Waals surface area contributed by atoms with Gasteiger partial charge in [0.25, 0.3) is 11.5 Å². The Labute approximate surface area is 234 Å². The van der Waals surface area contributed by atoms with Crippen LogP contribution in [0, 0.1) is 5.82 Å². The van der Waals surface area contributed by atoms with E-state index in [-0.39, 0.29) is 11.6 Å². The fourth-order valence-corrected chi connectivity index (χ4v) is 4.62. The molecule has 39 heavy (non-hydrogen) atoms. The van der Waals surface area contributed by atoms with Crippen LogP contribution in [0.2, 0.25) is 5.02 Å². The standard InChI is InChI=1S/C26H28Cl2F2N6O3/c1-35(2)8-4-10-39-22-13-19-16(24(32-14-31-19)33-15-6-7-18(29)17(27)11-15)12-20(22)34-25(37)21-5-3-9-36(21)26(38)23(28)30/h6-7,11-14,21,23H,3-5,8-10H2,1-2H3,(H,34,37)(H,31,32,33)/t21-,23?/m1/s1. The molecule has 13 heteroatoms. The highest BCUT2D eigenvalue weighted by Gasteiger charge is 2.37. The van der Waals surface area contributed by atoms with Crippen LogP contribution in [0.25, 0.3) is 10.9 Å². The highest BCUT2D eigenvalue weighted by molar-refractivity contribution is 6.31. The van der Waals surface area contributed by atoms with Crippen molar-refractivity contribution in [2.24, 2.45) is 0 Å². The number of alkyl halides is 2. The van der Waals surface area contributed by atoms with Gasteiger partial charge >= 0.3 is 0 Å². The third-order valence-corrected chi connectivity index (χ3v) is 6.69. The number of carbonyl (C=O) groups excluding carboxylic acids is 2. The van der Waals surface area contributed by atoms with Crippen molar-refractivity contribution in [1.29, 1.82) is 0 Å². The number of halogens is 4. The van der Waals surface area contributed by atoms with Crippen LogP contribution in [-0.4, -0.2) is 77.0 Å². The quantitative estimate of drug-likeness (QED) is 0.258. The van der Waals surface area contributed by atoms with Gasteiger partial charge in [-0.2, -0.15) is 0 Å². The molecule has 2 N–H and O–H groups in total. The number of aromatic nitrogens is 2. The fraction of sp³-hybridized carbons (Fsp3) is 0.385. The Bertz CT molecular complexity index is 1360. The first-order valence-corrected chi connectivity index (χ1v) is 13.1. The molecule has 1 aliphatic heterocycles. The maximum Gasteiger partial charge on any atom is 0.273 e. The summed E-state index contributed by atoms with van der Waals surface area (Å²) in [6.07, 6.45) is 3.01. The van der Waals surface area contributed by atoms with E-state index >= 15 is 0 Å². The number of rotatable bonds is 10. The van der Waals surface area contributed by atoms with Gasteiger partial charge in [-0.05, 0) is 57.6 Å². The predicted octanol–water partition coefficient (Wildman–Crippen LogP) is 4.96. The maximum absolute atomic E-state index is 13.6. The molecule has 1 fully saturated rings. The molecule has 9 nitrogen and oxygen atoms in total. The van der Waals surface area contributed by atoms with Crippen LogP contribution in [0.5, 0.6) is 5.75 Å².